The largest absolute Gasteiger partial charge is 0.481 e. The van der Waals surface area contributed by atoms with Gasteiger partial charge in [0.05, 0.1) is 5.41 Å². The number of carbonyl (C=O) groups excluding carboxylic acids is 1. The predicted octanol–water partition coefficient (Wildman–Crippen LogP) is 1.76. The van der Waals surface area contributed by atoms with Crippen LogP contribution in [0.4, 0.5) is 0 Å². The monoisotopic (exact) mass is 262 g/mol. The van der Waals surface area contributed by atoms with Gasteiger partial charge in [0.15, 0.2) is 0 Å². The molecule has 1 amide bonds. The lowest BCUT2D eigenvalue weighted by molar-refractivity contribution is -0.148. The molecule has 1 aromatic rings. The smallest absolute Gasteiger partial charge is 0.311 e. The molecule has 1 saturated carbocycles. The second kappa shape index (κ2) is 5.38. The zero-order valence-electron chi connectivity index (χ0n) is 11.0. The number of carboxylic acids is 1. The average Bonchev–Trinajstić information content (AvgIpc) is 2.86. The second-order valence-electron chi connectivity index (χ2n) is 5.16. The summed E-state index contributed by atoms with van der Waals surface area (Å²) in [6.45, 7) is 2.01. The maximum absolute atomic E-state index is 12.0. The lowest BCUT2D eigenvalue weighted by Gasteiger charge is -2.23. The number of pyridine rings is 1. The molecule has 0 atom stereocenters. The Bertz CT molecular complexity index is 493. The summed E-state index contributed by atoms with van der Waals surface area (Å²) in [6.07, 6.45) is 4.68. The van der Waals surface area contributed by atoms with Gasteiger partial charge in [0.1, 0.15) is 0 Å². The average molecular weight is 262 g/mol. The molecule has 1 fully saturated rings. The van der Waals surface area contributed by atoms with Gasteiger partial charge in [0.2, 0.25) is 0 Å². The highest BCUT2D eigenvalue weighted by molar-refractivity contribution is 5.94. The van der Waals surface area contributed by atoms with Crippen molar-refractivity contribution in [2.24, 2.45) is 5.41 Å². The molecular weight excluding hydrogens is 244 g/mol. The van der Waals surface area contributed by atoms with Crippen molar-refractivity contribution in [2.45, 2.75) is 32.6 Å². The normalized spacial score (nSPS) is 17.1. The summed E-state index contributed by atoms with van der Waals surface area (Å²) < 4.78 is 0. The first-order valence-corrected chi connectivity index (χ1v) is 6.48. The van der Waals surface area contributed by atoms with Crippen molar-refractivity contribution < 1.29 is 14.7 Å². The van der Waals surface area contributed by atoms with E-state index in [4.69, 9.17) is 0 Å². The van der Waals surface area contributed by atoms with Gasteiger partial charge in [0, 0.05) is 24.0 Å². The van der Waals surface area contributed by atoms with Crippen LogP contribution in [0.1, 0.15) is 41.7 Å². The van der Waals surface area contributed by atoms with Crippen molar-refractivity contribution in [2.75, 3.05) is 6.54 Å². The predicted molar refractivity (Wildman–Crippen MR) is 69.8 cm³/mol. The van der Waals surface area contributed by atoms with E-state index < -0.39 is 11.4 Å². The molecule has 19 heavy (non-hydrogen) atoms. The molecule has 0 bridgehead atoms. The Hall–Kier alpha value is -1.91. The minimum absolute atomic E-state index is 0.197. The van der Waals surface area contributed by atoms with Gasteiger partial charge < -0.3 is 10.4 Å². The minimum Gasteiger partial charge on any atom is -0.481 e. The number of hydrogen-bond acceptors (Lipinski definition) is 3. The fraction of sp³-hybridized carbons (Fsp3) is 0.500. The van der Waals surface area contributed by atoms with E-state index >= 15 is 0 Å². The molecule has 1 aromatic heterocycles. The number of carboxylic acid groups (broad SMARTS) is 1. The van der Waals surface area contributed by atoms with E-state index in [1.807, 2.05) is 6.92 Å². The van der Waals surface area contributed by atoms with Crippen molar-refractivity contribution in [1.82, 2.24) is 10.3 Å². The lowest BCUT2D eigenvalue weighted by atomic mass is 9.86. The zero-order valence-corrected chi connectivity index (χ0v) is 11.0. The molecule has 0 spiro atoms. The number of aryl methyl sites for hydroxylation is 1. The molecule has 0 unspecified atom stereocenters. The molecular formula is C14H18N2O3. The molecule has 1 aliphatic carbocycles. The number of amides is 1. The van der Waals surface area contributed by atoms with Crippen LogP contribution in [0.25, 0.3) is 0 Å². The summed E-state index contributed by atoms with van der Waals surface area (Å²) in [5, 5.41) is 12.1. The zero-order chi connectivity index (χ0) is 13.9. The van der Waals surface area contributed by atoms with Crippen molar-refractivity contribution in [3.05, 3.63) is 29.6 Å². The Labute approximate surface area is 112 Å². The van der Waals surface area contributed by atoms with Crippen LogP contribution in [0.3, 0.4) is 0 Å². The number of rotatable bonds is 4. The Morgan fingerprint density at radius 2 is 2.11 bits per heavy atom. The number of nitrogens with one attached hydrogen (secondary N) is 1. The quantitative estimate of drug-likeness (QED) is 0.866. The summed E-state index contributed by atoms with van der Waals surface area (Å²) in [4.78, 5) is 27.4. The van der Waals surface area contributed by atoms with Crippen LogP contribution >= 0.6 is 0 Å². The summed E-state index contributed by atoms with van der Waals surface area (Å²) in [5.41, 5.74) is 0.505. The second-order valence-corrected chi connectivity index (χ2v) is 5.16. The molecule has 1 aliphatic rings. The number of hydrogen-bond donors (Lipinski definition) is 2. The van der Waals surface area contributed by atoms with Crippen molar-refractivity contribution >= 4 is 11.9 Å². The molecule has 0 aromatic carbocycles. The van der Waals surface area contributed by atoms with Crippen molar-refractivity contribution in [1.29, 1.82) is 0 Å². The molecule has 2 rings (SSSR count). The summed E-state index contributed by atoms with van der Waals surface area (Å²) in [7, 11) is 0. The molecule has 5 nitrogen and oxygen atoms in total. The molecule has 102 valence electrons. The van der Waals surface area contributed by atoms with Crippen LogP contribution in [0.5, 0.6) is 0 Å². The maximum atomic E-state index is 12.0. The fourth-order valence-electron chi connectivity index (χ4n) is 2.56. The Morgan fingerprint density at radius 1 is 1.42 bits per heavy atom. The van der Waals surface area contributed by atoms with Crippen LogP contribution in [-0.2, 0) is 4.79 Å². The van der Waals surface area contributed by atoms with E-state index in [-0.39, 0.29) is 12.5 Å². The van der Waals surface area contributed by atoms with Crippen molar-refractivity contribution in [3.8, 4) is 0 Å². The van der Waals surface area contributed by atoms with Gasteiger partial charge in [-0.15, -0.1) is 0 Å². The first kappa shape index (κ1) is 13.5. The standard InChI is InChI=1S/C14H18N2O3/c1-10-8-11(4-7-15-10)12(17)16-9-14(13(18)19)5-2-3-6-14/h4,7-8H,2-3,5-6,9H2,1H3,(H,16,17)(H,18,19). The molecule has 5 heteroatoms. The highest BCUT2D eigenvalue weighted by Crippen LogP contribution is 2.37. The number of carbonyl (C=O) groups is 2. The SMILES string of the molecule is Cc1cc(C(=O)NCC2(C(=O)O)CCCC2)ccn1. The third-order valence-electron chi connectivity index (χ3n) is 3.76. The number of nitrogens with zero attached hydrogens (tertiary/aromatic N) is 1. The first-order chi connectivity index (χ1) is 9.03. The van der Waals surface area contributed by atoms with Crippen LogP contribution in [0.2, 0.25) is 0 Å². The van der Waals surface area contributed by atoms with Gasteiger partial charge in [-0.1, -0.05) is 12.8 Å². The minimum atomic E-state index is -0.809. The van der Waals surface area contributed by atoms with Crippen molar-refractivity contribution in [3.63, 3.8) is 0 Å². The van der Waals surface area contributed by atoms with Crippen LogP contribution in [0.15, 0.2) is 18.3 Å². The van der Waals surface area contributed by atoms with Gasteiger partial charge in [-0.3, -0.25) is 14.6 Å². The van der Waals surface area contributed by atoms with E-state index in [9.17, 15) is 14.7 Å². The number of aromatic nitrogens is 1. The fourth-order valence-corrected chi connectivity index (χ4v) is 2.56. The number of aliphatic carboxylic acids is 1. The van der Waals surface area contributed by atoms with Gasteiger partial charge >= 0.3 is 5.97 Å². The van der Waals surface area contributed by atoms with E-state index in [1.165, 1.54) is 0 Å². The maximum Gasteiger partial charge on any atom is 0.311 e. The van der Waals surface area contributed by atoms with Gasteiger partial charge in [-0.2, -0.15) is 0 Å². The summed E-state index contributed by atoms with van der Waals surface area (Å²) in [5.74, 6) is -1.05. The molecule has 2 N–H and O–H groups in total. The highest BCUT2D eigenvalue weighted by atomic mass is 16.4. The third kappa shape index (κ3) is 2.92. The topological polar surface area (TPSA) is 79.3 Å². The van der Waals surface area contributed by atoms with E-state index in [0.717, 1.165) is 18.5 Å². The Morgan fingerprint density at radius 3 is 2.68 bits per heavy atom. The highest BCUT2D eigenvalue weighted by Gasteiger charge is 2.41. The molecule has 0 saturated heterocycles. The third-order valence-corrected chi connectivity index (χ3v) is 3.76. The van der Waals surface area contributed by atoms with Crippen LogP contribution < -0.4 is 5.32 Å². The van der Waals surface area contributed by atoms with E-state index in [0.29, 0.717) is 18.4 Å². The van der Waals surface area contributed by atoms with E-state index in [2.05, 4.69) is 10.3 Å². The molecule has 0 radical (unpaired) electrons. The Balaban J connectivity index is 2.02. The summed E-state index contributed by atoms with van der Waals surface area (Å²) in [6, 6.07) is 3.32. The van der Waals surface area contributed by atoms with Gasteiger partial charge in [-0.25, -0.2) is 0 Å². The van der Waals surface area contributed by atoms with E-state index in [1.54, 1.807) is 18.3 Å². The summed E-state index contributed by atoms with van der Waals surface area (Å²) >= 11 is 0. The lowest BCUT2D eigenvalue weighted by Crippen LogP contribution is -2.41. The Kier molecular flexibility index (Phi) is 3.83. The van der Waals surface area contributed by atoms with Crippen LogP contribution in [0, 0.1) is 12.3 Å². The first-order valence-electron chi connectivity index (χ1n) is 6.48. The van der Waals surface area contributed by atoms with Gasteiger partial charge in [-0.05, 0) is 31.9 Å². The van der Waals surface area contributed by atoms with Crippen LogP contribution in [-0.4, -0.2) is 28.5 Å². The van der Waals surface area contributed by atoms with Gasteiger partial charge in [0.25, 0.3) is 5.91 Å². The molecule has 1 heterocycles. The molecule has 0 aliphatic heterocycles.